The van der Waals surface area contributed by atoms with E-state index in [1.807, 2.05) is 0 Å². The van der Waals surface area contributed by atoms with Crippen molar-refractivity contribution in [2.24, 2.45) is 0 Å². The highest BCUT2D eigenvalue weighted by Gasteiger charge is 2.13. The van der Waals surface area contributed by atoms with E-state index in [4.69, 9.17) is 4.74 Å². The highest BCUT2D eigenvalue weighted by Crippen LogP contribution is 2.27. The van der Waals surface area contributed by atoms with Gasteiger partial charge < -0.3 is 9.47 Å². The zero-order valence-corrected chi connectivity index (χ0v) is 10.9. The Hall–Kier alpha value is -2.43. The summed E-state index contributed by atoms with van der Waals surface area (Å²) in [7, 11) is 2.59. The molecule has 0 amide bonds. The molecule has 2 aromatic carbocycles. The third kappa shape index (κ3) is 2.77. The SMILES string of the molecule is COC(=O)c1ccc(-c2cc(F)cc(OC)c2)cc1F. The first kappa shape index (κ1) is 14.0. The predicted molar refractivity (Wildman–Crippen MR) is 69.7 cm³/mol. The molecule has 0 radical (unpaired) electrons. The lowest BCUT2D eigenvalue weighted by Gasteiger charge is -2.07. The predicted octanol–water partition coefficient (Wildman–Crippen LogP) is 3.43. The van der Waals surface area contributed by atoms with E-state index >= 15 is 0 Å². The quantitative estimate of drug-likeness (QED) is 0.807. The second-order valence-electron chi connectivity index (χ2n) is 4.07. The van der Waals surface area contributed by atoms with Crippen LogP contribution in [0.15, 0.2) is 36.4 Å². The topological polar surface area (TPSA) is 35.5 Å². The van der Waals surface area contributed by atoms with E-state index in [-0.39, 0.29) is 5.56 Å². The average Bonchev–Trinajstić information content (AvgIpc) is 2.45. The summed E-state index contributed by atoms with van der Waals surface area (Å²) in [5.74, 6) is -1.64. The molecule has 0 atom stereocenters. The fourth-order valence-electron chi connectivity index (χ4n) is 1.82. The molecule has 20 heavy (non-hydrogen) atoms. The number of benzene rings is 2. The Morgan fingerprint density at radius 3 is 2.35 bits per heavy atom. The summed E-state index contributed by atoms with van der Waals surface area (Å²) in [6, 6.07) is 8.03. The smallest absolute Gasteiger partial charge is 0.340 e. The lowest BCUT2D eigenvalue weighted by Crippen LogP contribution is -2.04. The number of carbonyl (C=O) groups excluding carboxylic acids is 1. The molecule has 2 aromatic rings. The van der Waals surface area contributed by atoms with Crippen LogP contribution in [0.2, 0.25) is 0 Å². The summed E-state index contributed by atoms with van der Waals surface area (Å²) >= 11 is 0. The lowest BCUT2D eigenvalue weighted by atomic mass is 10.0. The van der Waals surface area contributed by atoms with Gasteiger partial charge in [-0.3, -0.25) is 0 Å². The van der Waals surface area contributed by atoms with Gasteiger partial charge in [0, 0.05) is 6.07 Å². The molecular weight excluding hydrogens is 266 g/mol. The third-order valence-corrected chi connectivity index (χ3v) is 2.81. The summed E-state index contributed by atoms with van der Waals surface area (Å²) in [6.07, 6.45) is 0. The molecule has 0 aliphatic carbocycles. The molecule has 5 heteroatoms. The standard InChI is InChI=1S/C15H12F2O3/c1-19-12-6-10(5-11(16)8-12)9-3-4-13(14(17)7-9)15(18)20-2/h3-8H,1-2H3. The summed E-state index contributed by atoms with van der Waals surface area (Å²) < 4.78 is 36.7. The van der Waals surface area contributed by atoms with Crippen LogP contribution in [0.25, 0.3) is 11.1 Å². The number of hydrogen-bond donors (Lipinski definition) is 0. The molecule has 0 N–H and O–H groups in total. The van der Waals surface area contributed by atoms with Crippen LogP contribution in [0.3, 0.4) is 0 Å². The Morgan fingerprint density at radius 1 is 1.00 bits per heavy atom. The lowest BCUT2D eigenvalue weighted by molar-refractivity contribution is 0.0595. The molecule has 0 heterocycles. The number of halogens is 2. The van der Waals surface area contributed by atoms with Gasteiger partial charge in [-0.25, -0.2) is 13.6 Å². The molecule has 3 nitrogen and oxygen atoms in total. The maximum absolute atomic E-state index is 13.8. The minimum absolute atomic E-state index is 0.167. The fourth-order valence-corrected chi connectivity index (χ4v) is 1.82. The van der Waals surface area contributed by atoms with Crippen molar-refractivity contribution in [3.05, 3.63) is 53.6 Å². The summed E-state index contributed by atoms with van der Waals surface area (Å²) in [4.78, 5) is 11.3. The van der Waals surface area contributed by atoms with Crippen molar-refractivity contribution in [3.8, 4) is 16.9 Å². The van der Waals surface area contributed by atoms with Crippen LogP contribution in [-0.2, 0) is 4.74 Å². The summed E-state index contributed by atoms with van der Waals surface area (Å²) in [5.41, 5.74) is 0.727. The second kappa shape index (κ2) is 5.69. The number of rotatable bonds is 3. The van der Waals surface area contributed by atoms with Crippen LogP contribution in [0.4, 0.5) is 8.78 Å². The van der Waals surface area contributed by atoms with Gasteiger partial charge >= 0.3 is 5.97 Å². The highest BCUT2D eigenvalue weighted by atomic mass is 19.1. The van der Waals surface area contributed by atoms with Crippen LogP contribution in [-0.4, -0.2) is 20.2 Å². The van der Waals surface area contributed by atoms with E-state index in [2.05, 4.69) is 4.74 Å². The van der Waals surface area contributed by atoms with Gasteiger partial charge in [-0.05, 0) is 35.4 Å². The van der Waals surface area contributed by atoms with E-state index < -0.39 is 17.6 Å². The maximum Gasteiger partial charge on any atom is 0.340 e. The zero-order valence-electron chi connectivity index (χ0n) is 10.9. The van der Waals surface area contributed by atoms with Gasteiger partial charge in [0.25, 0.3) is 0 Å². The van der Waals surface area contributed by atoms with Crippen molar-refractivity contribution in [2.75, 3.05) is 14.2 Å². The Bertz CT molecular complexity index is 654. The number of esters is 1. The van der Waals surface area contributed by atoms with Crippen molar-refractivity contribution in [3.63, 3.8) is 0 Å². The molecule has 2 rings (SSSR count). The number of methoxy groups -OCH3 is 2. The molecular formula is C15H12F2O3. The molecule has 104 valence electrons. The molecule has 0 aromatic heterocycles. The van der Waals surface area contributed by atoms with Crippen molar-refractivity contribution < 1.29 is 23.0 Å². The minimum atomic E-state index is -0.758. The summed E-state index contributed by atoms with van der Waals surface area (Å²) in [5, 5.41) is 0. The Labute approximate surface area is 114 Å². The minimum Gasteiger partial charge on any atom is -0.497 e. The monoisotopic (exact) mass is 278 g/mol. The van der Waals surface area contributed by atoms with Gasteiger partial charge in [-0.1, -0.05) is 6.07 Å². The van der Waals surface area contributed by atoms with Crippen LogP contribution in [0.5, 0.6) is 5.75 Å². The van der Waals surface area contributed by atoms with Gasteiger partial charge in [0.05, 0.1) is 19.8 Å². The van der Waals surface area contributed by atoms with E-state index in [0.29, 0.717) is 16.9 Å². The van der Waals surface area contributed by atoms with Crippen LogP contribution < -0.4 is 4.74 Å². The van der Waals surface area contributed by atoms with Crippen molar-refractivity contribution in [1.82, 2.24) is 0 Å². The molecule has 0 fully saturated rings. The van der Waals surface area contributed by atoms with E-state index in [9.17, 15) is 13.6 Å². The van der Waals surface area contributed by atoms with E-state index in [1.165, 1.54) is 38.5 Å². The van der Waals surface area contributed by atoms with Gasteiger partial charge in [-0.2, -0.15) is 0 Å². The van der Waals surface area contributed by atoms with Gasteiger partial charge in [0.1, 0.15) is 17.4 Å². The Morgan fingerprint density at radius 2 is 1.75 bits per heavy atom. The van der Waals surface area contributed by atoms with Crippen molar-refractivity contribution >= 4 is 5.97 Å². The largest absolute Gasteiger partial charge is 0.497 e. The second-order valence-corrected chi connectivity index (χ2v) is 4.07. The third-order valence-electron chi connectivity index (χ3n) is 2.81. The van der Waals surface area contributed by atoms with E-state index in [0.717, 1.165) is 6.07 Å². The van der Waals surface area contributed by atoms with Crippen LogP contribution in [0, 0.1) is 11.6 Å². The van der Waals surface area contributed by atoms with Crippen molar-refractivity contribution in [2.45, 2.75) is 0 Å². The van der Waals surface area contributed by atoms with E-state index in [1.54, 1.807) is 6.07 Å². The van der Waals surface area contributed by atoms with Gasteiger partial charge in [-0.15, -0.1) is 0 Å². The first-order valence-electron chi connectivity index (χ1n) is 5.78. The molecule has 0 aliphatic heterocycles. The fraction of sp³-hybridized carbons (Fsp3) is 0.133. The molecule has 0 saturated carbocycles. The number of hydrogen-bond acceptors (Lipinski definition) is 3. The van der Waals surface area contributed by atoms with Crippen molar-refractivity contribution in [1.29, 1.82) is 0 Å². The normalized spacial score (nSPS) is 10.2. The molecule has 0 saturated heterocycles. The molecule has 0 spiro atoms. The first-order valence-corrected chi connectivity index (χ1v) is 5.78. The summed E-state index contributed by atoms with van der Waals surface area (Å²) in [6.45, 7) is 0. The number of ether oxygens (including phenoxy) is 2. The number of carbonyl (C=O) groups is 1. The molecule has 0 bridgehead atoms. The average molecular weight is 278 g/mol. The van der Waals surface area contributed by atoms with Crippen LogP contribution in [0.1, 0.15) is 10.4 Å². The van der Waals surface area contributed by atoms with Gasteiger partial charge in [0.15, 0.2) is 0 Å². The Kier molecular flexibility index (Phi) is 3.98. The van der Waals surface area contributed by atoms with Gasteiger partial charge in [0.2, 0.25) is 0 Å². The Balaban J connectivity index is 2.46. The maximum atomic E-state index is 13.8. The highest BCUT2D eigenvalue weighted by molar-refractivity contribution is 5.90. The molecule has 0 unspecified atom stereocenters. The van der Waals surface area contributed by atoms with Crippen LogP contribution >= 0.6 is 0 Å². The molecule has 0 aliphatic rings. The zero-order chi connectivity index (χ0) is 14.7. The first-order chi connectivity index (χ1) is 9.55.